The molecule has 0 aromatic heterocycles. The average molecular weight is 365 g/mol. The molecule has 1 aliphatic heterocycles. The van der Waals surface area contributed by atoms with Crippen LogP contribution in [0.5, 0.6) is 0 Å². The van der Waals surface area contributed by atoms with Crippen molar-refractivity contribution < 1.29 is 4.79 Å². The van der Waals surface area contributed by atoms with Gasteiger partial charge >= 0.3 is 0 Å². The molecule has 0 saturated carbocycles. The Morgan fingerprint density at radius 2 is 1.48 bits per heavy atom. The number of hydrogen-bond donors (Lipinski definition) is 1. The molecule has 144 valence electrons. The van der Waals surface area contributed by atoms with Crippen LogP contribution in [0, 0.1) is 0 Å². The van der Waals surface area contributed by atoms with E-state index in [1.807, 2.05) is 60.7 Å². The van der Waals surface area contributed by atoms with E-state index in [1.54, 1.807) is 0 Å². The third-order valence-corrected chi connectivity index (χ3v) is 5.80. The molecule has 0 spiro atoms. The van der Waals surface area contributed by atoms with Crippen molar-refractivity contribution in [1.29, 1.82) is 0 Å². The highest BCUT2D eigenvalue weighted by atomic mass is 16.1. The summed E-state index contributed by atoms with van der Waals surface area (Å²) < 4.78 is 0. The maximum Gasteiger partial charge on any atom is 0.232 e. The molecule has 0 radical (unpaired) electrons. The highest BCUT2D eigenvalue weighted by molar-refractivity contribution is 5.87. The summed E-state index contributed by atoms with van der Waals surface area (Å²) in [7, 11) is 0. The first-order chi connectivity index (χ1) is 13.2. The summed E-state index contributed by atoms with van der Waals surface area (Å²) in [5.41, 5.74) is 2.08. The van der Waals surface area contributed by atoms with E-state index >= 15 is 0 Å². The van der Waals surface area contributed by atoms with Crippen molar-refractivity contribution in [3.8, 4) is 0 Å². The predicted octanol–water partition coefficient (Wildman–Crippen LogP) is 4.59. The molecule has 1 aliphatic rings. The van der Waals surface area contributed by atoms with Gasteiger partial charge in [-0.15, -0.1) is 0 Å². The lowest BCUT2D eigenvalue weighted by Crippen LogP contribution is -2.45. The van der Waals surface area contributed by atoms with Gasteiger partial charge in [-0.25, -0.2) is 0 Å². The topological polar surface area (TPSA) is 32.3 Å². The molecule has 1 saturated heterocycles. The van der Waals surface area contributed by atoms with Gasteiger partial charge in [0.15, 0.2) is 0 Å². The number of hydrogen-bond acceptors (Lipinski definition) is 2. The minimum atomic E-state index is -0.250. The summed E-state index contributed by atoms with van der Waals surface area (Å²) in [4.78, 5) is 15.6. The first-order valence-electron chi connectivity index (χ1n) is 10.3. The molecule has 3 heteroatoms. The van der Waals surface area contributed by atoms with Crippen LogP contribution in [-0.4, -0.2) is 36.0 Å². The van der Waals surface area contributed by atoms with Gasteiger partial charge in [0, 0.05) is 25.2 Å². The molecular weight excluding hydrogens is 332 g/mol. The van der Waals surface area contributed by atoms with Crippen molar-refractivity contribution in [3.05, 3.63) is 71.8 Å². The zero-order chi connectivity index (χ0) is 19.1. The SMILES string of the molecule is C[C@@H]1CCC[C@H](C)N1CCCNC(=O)C(c1ccccc1)c1ccccc1. The van der Waals surface area contributed by atoms with Crippen LogP contribution >= 0.6 is 0 Å². The van der Waals surface area contributed by atoms with E-state index in [-0.39, 0.29) is 11.8 Å². The maximum atomic E-state index is 13.0. The molecule has 0 unspecified atom stereocenters. The predicted molar refractivity (Wildman–Crippen MR) is 112 cm³/mol. The second kappa shape index (κ2) is 9.70. The largest absolute Gasteiger partial charge is 0.355 e. The van der Waals surface area contributed by atoms with Gasteiger partial charge in [0.25, 0.3) is 0 Å². The number of likely N-dealkylation sites (tertiary alicyclic amines) is 1. The lowest BCUT2D eigenvalue weighted by molar-refractivity contribution is -0.121. The molecule has 27 heavy (non-hydrogen) atoms. The van der Waals surface area contributed by atoms with Gasteiger partial charge in [0.2, 0.25) is 5.91 Å². The van der Waals surface area contributed by atoms with Gasteiger partial charge in [-0.1, -0.05) is 67.1 Å². The van der Waals surface area contributed by atoms with Crippen LogP contribution in [0.1, 0.15) is 56.6 Å². The molecular formula is C24H32N2O. The third kappa shape index (κ3) is 5.20. The van der Waals surface area contributed by atoms with Gasteiger partial charge < -0.3 is 5.32 Å². The first kappa shape index (κ1) is 19.6. The van der Waals surface area contributed by atoms with Crippen molar-refractivity contribution in [1.82, 2.24) is 10.2 Å². The van der Waals surface area contributed by atoms with E-state index in [1.165, 1.54) is 19.3 Å². The van der Waals surface area contributed by atoms with Crippen LogP contribution in [0.4, 0.5) is 0 Å². The lowest BCUT2D eigenvalue weighted by atomic mass is 9.90. The fourth-order valence-corrected chi connectivity index (χ4v) is 4.28. The molecule has 2 aromatic rings. The Kier molecular flexibility index (Phi) is 7.05. The summed E-state index contributed by atoms with van der Waals surface area (Å²) in [6.07, 6.45) is 4.92. The highest BCUT2D eigenvalue weighted by Gasteiger charge is 2.25. The van der Waals surface area contributed by atoms with Crippen LogP contribution in [0.15, 0.2) is 60.7 Å². The van der Waals surface area contributed by atoms with Crippen molar-refractivity contribution in [2.75, 3.05) is 13.1 Å². The average Bonchev–Trinajstić information content (AvgIpc) is 2.69. The Bertz CT molecular complexity index is 651. The zero-order valence-corrected chi connectivity index (χ0v) is 16.6. The van der Waals surface area contributed by atoms with Crippen LogP contribution < -0.4 is 5.32 Å². The van der Waals surface area contributed by atoms with E-state index < -0.39 is 0 Å². The number of carbonyl (C=O) groups excluding carboxylic acids is 1. The van der Waals surface area contributed by atoms with Crippen molar-refractivity contribution in [2.45, 2.75) is 57.5 Å². The molecule has 3 rings (SSSR count). The van der Waals surface area contributed by atoms with Crippen molar-refractivity contribution >= 4 is 5.91 Å². The Morgan fingerprint density at radius 1 is 0.963 bits per heavy atom. The number of rotatable bonds is 7. The van der Waals surface area contributed by atoms with E-state index in [0.29, 0.717) is 12.1 Å². The number of nitrogens with one attached hydrogen (secondary N) is 1. The molecule has 1 heterocycles. The molecule has 1 amide bonds. The smallest absolute Gasteiger partial charge is 0.232 e. The molecule has 1 fully saturated rings. The van der Waals surface area contributed by atoms with Gasteiger partial charge in [0.1, 0.15) is 0 Å². The normalized spacial score (nSPS) is 20.6. The summed E-state index contributed by atoms with van der Waals surface area (Å²) >= 11 is 0. The summed E-state index contributed by atoms with van der Waals surface area (Å²) in [5, 5.41) is 3.18. The Morgan fingerprint density at radius 3 is 2.00 bits per heavy atom. The monoisotopic (exact) mass is 364 g/mol. The molecule has 1 N–H and O–H groups in total. The Balaban J connectivity index is 1.59. The Hall–Kier alpha value is -2.13. The third-order valence-electron chi connectivity index (χ3n) is 5.80. The van der Waals surface area contributed by atoms with Crippen molar-refractivity contribution in [3.63, 3.8) is 0 Å². The minimum Gasteiger partial charge on any atom is -0.355 e. The van der Waals surface area contributed by atoms with Crippen molar-refractivity contribution in [2.24, 2.45) is 0 Å². The van der Waals surface area contributed by atoms with Gasteiger partial charge in [-0.2, -0.15) is 0 Å². The maximum absolute atomic E-state index is 13.0. The van der Waals surface area contributed by atoms with Crippen LogP contribution in [0.2, 0.25) is 0 Å². The van der Waals surface area contributed by atoms with E-state index in [9.17, 15) is 4.79 Å². The second-order valence-corrected chi connectivity index (χ2v) is 7.77. The lowest BCUT2D eigenvalue weighted by Gasteiger charge is -2.39. The number of benzene rings is 2. The van der Waals surface area contributed by atoms with Crippen LogP contribution in [0.3, 0.4) is 0 Å². The molecule has 2 atom stereocenters. The number of piperidine rings is 1. The quantitative estimate of drug-likeness (QED) is 0.729. The van der Waals surface area contributed by atoms with E-state index in [0.717, 1.165) is 30.6 Å². The highest BCUT2D eigenvalue weighted by Crippen LogP contribution is 2.25. The van der Waals surface area contributed by atoms with Crippen LogP contribution in [-0.2, 0) is 4.79 Å². The van der Waals surface area contributed by atoms with Gasteiger partial charge in [-0.3, -0.25) is 9.69 Å². The zero-order valence-electron chi connectivity index (χ0n) is 16.6. The number of carbonyl (C=O) groups is 1. The molecule has 2 aromatic carbocycles. The fraction of sp³-hybridized carbons (Fsp3) is 0.458. The Labute approximate surface area is 163 Å². The van der Waals surface area contributed by atoms with Gasteiger partial charge in [0.05, 0.1) is 5.92 Å². The molecule has 3 nitrogen and oxygen atoms in total. The standard InChI is InChI=1S/C24H32N2O/c1-19-11-9-12-20(2)26(19)18-10-17-25-24(27)23(21-13-5-3-6-14-21)22-15-7-4-8-16-22/h3-8,13-16,19-20,23H,9-12,17-18H2,1-2H3,(H,25,27)/t19-,20+. The summed E-state index contributed by atoms with van der Waals surface area (Å²) in [6.45, 7) is 6.44. The summed E-state index contributed by atoms with van der Waals surface area (Å²) in [6, 6.07) is 21.4. The molecule has 0 aliphatic carbocycles. The number of amides is 1. The van der Waals surface area contributed by atoms with Gasteiger partial charge in [-0.05, 0) is 44.2 Å². The van der Waals surface area contributed by atoms with E-state index in [2.05, 4.69) is 24.1 Å². The number of nitrogens with zero attached hydrogens (tertiary/aromatic N) is 1. The molecule has 0 bridgehead atoms. The minimum absolute atomic E-state index is 0.0899. The van der Waals surface area contributed by atoms with E-state index in [4.69, 9.17) is 0 Å². The van der Waals surface area contributed by atoms with Crippen LogP contribution in [0.25, 0.3) is 0 Å². The first-order valence-corrected chi connectivity index (χ1v) is 10.3. The second-order valence-electron chi connectivity index (χ2n) is 7.77. The fourth-order valence-electron chi connectivity index (χ4n) is 4.28. The summed E-state index contributed by atoms with van der Waals surface area (Å²) in [5.74, 6) is -0.160.